The zero-order chi connectivity index (χ0) is 73.6. The lowest BCUT2D eigenvalue weighted by Gasteiger charge is -2.49. The summed E-state index contributed by atoms with van der Waals surface area (Å²) in [6, 6.07) is 12.7. The molecule has 0 spiro atoms. The number of aliphatic hydroxyl groups is 4. The molecule has 0 saturated carbocycles. The molecule has 0 aliphatic carbocycles. The number of rotatable bonds is 26. The summed E-state index contributed by atoms with van der Waals surface area (Å²) in [6.45, 7) is 24.5. The van der Waals surface area contributed by atoms with Crippen molar-refractivity contribution in [3.63, 3.8) is 0 Å². The molecule has 4 fully saturated rings. The maximum Gasteiger partial charge on any atom is 0.397 e. The van der Waals surface area contributed by atoms with Gasteiger partial charge in [-0.2, -0.15) is 8.42 Å². The average molecular weight is 1480 g/mol. The zero-order valence-electron chi connectivity index (χ0n) is 61.7. The highest BCUT2D eigenvalue weighted by molar-refractivity contribution is 7.80. The number of piperazine rings is 1. The van der Waals surface area contributed by atoms with E-state index in [4.69, 9.17) is 63.5 Å². The molecule has 574 valence electrons. The molecule has 2 aromatic rings. The molecule has 25 nitrogen and oxygen atoms in total. The number of nitrogens with zero attached hydrogens (tertiary/aromatic N) is 3. The van der Waals surface area contributed by atoms with E-state index in [-0.39, 0.29) is 76.2 Å². The molecule has 18 atom stereocenters. The Labute approximate surface area is 605 Å². The number of ether oxygens (including phenoxy) is 10. The molecular weight excluding hydrogens is 1360 g/mol. The molecule has 18 unspecified atom stereocenters. The molecule has 1 amide bonds. The molecule has 0 bridgehead atoms. The van der Waals surface area contributed by atoms with Gasteiger partial charge in [0.1, 0.15) is 29.3 Å². The lowest BCUT2D eigenvalue weighted by Crippen LogP contribution is -2.61. The van der Waals surface area contributed by atoms with Crippen LogP contribution in [0.3, 0.4) is 0 Å². The Balaban J connectivity index is 0.000000385. The Morgan fingerprint density at radius 3 is 1.96 bits per heavy atom. The fourth-order valence-electron chi connectivity index (χ4n) is 13.7. The SMILES string of the molecule is CCC(=O)OC1C(OC2C(C)C(OC3CC(C)(OC)C(O)C(C)O3)C(C)C(=O)OC(CC)C(C)(O)C(O)C(C)C(=O)C(C)CC2(C)O)OC(C)CC1N(C)C.CCCCCCCCCCCCOS(=O)(=O)O.Cl.O=C(COc1ccc(Cl)cc1)N1CCN(Cc2ccc3c(c2)OCO3)CC1. The molecule has 5 N–H and O–H groups in total. The first-order valence-corrected chi connectivity index (χ1v) is 37.3. The molecule has 0 radical (unpaired) electrons. The molecule has 5 aliphatic rings. The van der Waals surface area contributed by atoms with Crippen LogP contribution in [0.2, 0.25) is 5.02 Å². The predicted octanol–water partition coefficient (Wildman–Crippen LogP) is 9.69. The topological polar surface area (TPSA) is 315 Å². The Hall–Kier alpha value is -4.07. The van der Waals surface area contributed by atoms with Crippen LogP contribution in [0.4, 0.5) is 0 Å². The second-order valence-corrected chi connectivity index (χ2v) is 29.8. The normalized spacial score (nSPS) is 32.2. The molecule has 7 rings (SSSR count). The van der Waals surface area contributed by atoms with Gasteiger partial charge in [-0.05, 0) is 123 Å². The van der Waals surface area contributed by atoms with Crippen LogP contribution in [0.1, 0.15) is 185 Å². The maximum atomic E-state index is 14.2. The number of cyclic esters (lactones) is 1. The summed E-state index contributed by atoms with van der Waals surface area (Å²) in [6.07, 6.45) is 2.17. The van der Waals surface area contributed by atoms with Crippen molar-refractivity contribution in [3.8, 4) is 17.2 Å². The van der Waals surface area contributed by atoms with Gasteiger partial charge in [0.25, 0.3) is 5.91 Å². The Morgan fingerprint density at radius 1 is 0.770 bits per heavy atom. The van der Waals surface area contributed by atoms with Crippen LogP contribution < -0.4 is 14.2 Å². The number of carbonyl (C=O) groups excluding carboxylic acids is 4. The highest BCUT2D eigenvalue weighted by Crippen LogP contribution is 2.42. The number of carbonyl (C=O) groups is 4. The highest BCUT2D eigenvalue weighted by Gasteiger charge is 2.54. The first-order chi connectivity index (χ1) is 46.6. The third-order valence-corrected chi connectivity index (χ3v) is 20.5. The molecule has 100 heavy (non-hydrogen) atoms. The second kappa shape index (κ2) is 41.6. The van der Waals surface area contributed by atoms with Crippen molar-refractivity contribution in [1.82, 2.24) is 14.7 Å². The lowest BCUT2D eigenvalue weighted by molar-refractivity contribution is -0.319. The zero-order valence-corrected chi connectivity index (χ0v) is 64.1. The van der Waals surface area contributed by atoms with E-state index in [1.165, 1.54) is 78.4 Å². The van der Waals surface area contributed by atoms with Crippen molar-refractivity contribution in [2.75, 3.05) is 67.4 Å². The third kappa shape index (κ3) is 26.5. The minimum absolute atomic E-state index is 0. The fraction of sp³-hybridized carbons (Fsp3) is 0.778. The van der Waals surface area contributed by atoms with E-state index in [2.05, 4.69) is 22.1 Å². The first-order valence-electron chi connectivity index (χ1n) is 35.6. The van der Waals surface area contributed by atoms with Gasteiger partial charge in [0.05, 0.1) is 60.3 Å². The number of unbranched alkanes of at least 4 members (excludes halogenated alkanes) is 9. The minimum Gasteiger partial charge on any atom is -0.484 e. The fourth-order valence-corrected chi connectivity index (χ4v) is 14.2. The van der Waals surface area contributed by atoms with Gasteiger partial charge in [-0.1, -0.05) is 117 Å². The van der Waals surface area contributed by atoms with Crippen molar-refractivity contribution in [1.29, 1.82) is 0 Å². The van der Waals surface area contributed by atoms with Gasteiger partial charge in [0.15, 0.2) is 36.8 Å². The molecule has 0 aromatic heterocycles. The van der Waals surface area contributed by atoms with Crippen LogP contribution in [0, 0.1) is 23.7 Å². The van der Waals surface area contributed by atoms with Crippen molar-refractivity contribution in [2.45, 2.75) is 270 Å². The van der Waals surface area contributed by atoms with Gasteiger partial charge in [0, 0.05) is 75.5 Å². The van der Waals surface area contributed by atoms with Crippen LogP contribution in [0.15, 0.2) is 42.5 Å². The van der Waals surface area contributed by atoms with Crippen molar-refractivity contribution in [3.05, 3.63) is 53.1 Å². The summed E-state index contributed by atoms with van der Waals surface area (Å²) in [4.78, 5) is 59.4. The number of ketones is 1. The first kappa shape index (κ1) is 88.3. The van der Waals surface area contributed by atoms with E-state index in [1.54, 1.807) is 72.7 Å². The number of esters is 2. The van der Waals surface area contributed by atoms with Gasteiger partial charge in [0.2, 0.25) is 6.79 Å². The average Bonchev–Trinajstić information content (AvgIpc) is 1.18. The number of methoxy groups -OCH3 is 1. The minimum atomic E-state index is -4.23. The van der Waals surface area contributed by atoms with Gasteiger partial charge >= 0.3 is 22.3 Å². The largest absolute Gasteiger partial charge is 0.484 e. The number of hydrogen-bond acceptors (Lipinski definition) is 23. The smallest absolute Gasteiger partial charge is 0.397 e. The summed E-state index contributed by atoms with van der Waals surface area (Å²) < 4.78 is 92.9. The summed E-state index contributed by atoms with van der Waals surface area (Å²) in [5.74, 6) is -3.33. The summed E-state index contributed by atoms with van der Waals surface area (Å²) in [5.41, 5.74) is -3.74. The van der Waals surface area contributed by atoms with E-state index in [0.29, 0.717) is 36.7 Å². The standard InChI is InChI=1S/C40H71NO14.C20H21ClN2O4.C12H26O4S.ClH/c1-15-27-40(11,48)33(44)22(5)30(43)20(3)18-38(9,47)35(55-37-32(53-28(42)16-2)26(41(12)13)17-21(4)50-37)23(6)31(24(7)36(46)52-27)54-29-19-39(10,49-14)34(45)25(8)51-29;21-16-2-4-17(5-3-16)25-13-20(24)23-9-7-22(8-10-23)12-15-1-6-18-19(11-15)27-14-26-18;1-2-3-4-5-6-7-8-9-10-11-12-16-17(13,14)15;/h20-27,29,31-35,37,44-45,47-48H,15-19H2,1-14H3;1-6,11H,7-10,12-14H2;2-12H2,1H3,(H,13,14,15);1H. The number of benzene rings is 2. The molecule has 5 aliphatic heterocycles. The van der Waals surface area contributed by atoms with E-state index >= 15 is 0 Å². The molecule has 5 heterocycles. The number of amides is 1. The van der Waals surface area contributed by atoms with Crippen molar-refractivity contribution >= 4 is 58.0 Å². The summed E-state index contributed by atoms with van der Waals surface area (Å²) in [7, 11) is 0.973. The van der Waals surface area contributed by atoms with Crippen LogP contribution in [-0.4, -0.2) is 223 Å². The Kier molecular flexibility index (Phi) is 36.7. The van der Waals surface area contributed by atoms with Crippen LogP contribution in [-0.2, 0) is 73.5 Å². The van der Waals surface area contributed by atoms with E-state index in [0.717, 1.165) is 44.0 Å². The van der Waals surface area contributed by atoms with E-state index < -0.39 is 124 Å². The number of hydrogen-bond donors (Lipinski definition) is 5. The van der Waals surface area contributed by atoms with E-state index in [1.807, 2.05) is 43.0 Å². The summed E-state index contributed by atoms with van der Waals surface area (Å²) >= 11 is 5.85. The second-order valence-electron chi connectivity index (χ2n) is 28.3. The third-order valence-electron chi connectivity index (χ3n) is 19.8. The molecular formula is C72H119Cl2N3O22S. The molecule has 2 aromatic carbocycles. The van der Waals surface area contributed by atoms with Gasteiger partial charge in [-0.3, -0.25) is 28.6 Å². The van der Waals surface area contributed by atoms with Crippen LogP contribution >= 0.6 is 24.0 Å². The predicted molar refractivity (Wildman–Crippen MR) is 378 cm³/mol. The maximum absolute atomic E-state index is 14.2. The molecule has 4 saturated heterocycles. The Morgan fingerprint density at radius 2 is 1.38 bits per heavy atom. The highest BCUT2D eigenvalue weighted by atomic mass is 35.5. The van der Waals surface area contributed by atoms with Gasteiger partial charge < -0.3 is 77.6 Å². The van der Waals surface area contributed by atoms with Gasteiger partial charge in [-0.15, -0.1) is 12.4 Å². The van der Waals surface area contributed by atoms with Crippen molar-refractivity contribution in [2.24, 2.45) is 23.7 Å². The quantitative estimate of drug-likeness (QED) is 0.0332. The van der Waals surface area contributed by atoms with Crippen LogP contribution in [0.5, 0.6) is 17.2 Å². The van der Waals surface area contributed by atoms with Crippen molar-refractivity contribution < 1.29 is 104 Å². The summed E-state index contributed by atoms with van der Waals surface area (Å²) in [5, 5.41) is 47.2. The Bertz CT molecular complexity index is 2910. The number of fused-ring (bicyclic) bond motifs is 1. The monoisotopic (exact) mass is 1480 g/mol. The molecule has 28 heteroatoms. The lowest BCUT2D eigenvalue weighted by atomic mass is 9.74. The van der Waals surface area contributed by atoms with Gasteiger partial charge in [-0.25, -0.2) is 4.18 Å². The number of Topliss-reactive ketones (excluding diaryl/α,β-unsaturated/α-hetero) is 1. The number of halogens is 2. The number of likely N-dealkylation sites (N-methyl/N-ethyl adjacent to an activating group) is 1. The number of aliphatic hydroxyl groups excluding tert-OH is 2. The van der Waals surface area contributed by atoms with E-state index in [9.17, 15) is 48.0 Å². The van der Waals surface area contributed by atoms with Crippen LogP contribution in [0.25, 0.3) is 0 Å².